The Bertz CT molecular complexity index is 842. The van der Waals surface area contributed by atoms with Gasteiger partial charge in [-0.05, 0) is 99.3 Å². The number of sulfonamides is 1. The number of anilines is 1. The van der Waals surface area contributed by atoms with E-state index < -0.39 is 10.0 Å². The molecular formula is C22H30N2O3S. The fourth-order valence-corrected chi connectivity index (χ4v) is 8.21. The minimum absolute atomic E-state index is 0.0364. The van der Waals surface area contributed by atoms with Crippen LogP contribution in [0, 0.1) is 23.2 Å². The number of hydrogen-bond acceptors (Lipinski definition) is 3. The Balaban J connectivity index is 1.32. The molecule has 1 amide bonds. The Hall–Kier alpha value is -1.40. The third-order valence-electron chi connectivity index (χ3n) is 7.87. The van der Waals surface area contributed by atoms with Crippen LogP contribution < -0.4 is 9.62 Å². The van der Waals surface area contributed by atoms with E-state index in [2.05, 4.69) is 11.6 Å². The molecule has 1 saturated heterocycles. The lowest BCUT2D eigenvalue weighted by atomic mass is 9.48. The summed E-state index contributed by atoms with van der Waals surface area (Å²) in [6.45, 7) is 2.79. The fraction of sp³-hybridized carbons (Fsp3) is 0.682. The topological polar surface area (TPSA) is 66.5 Å². The number of nitrogens with zero attached hydrogens (tertiary/aromatic N) is 1. The molecule has 28 heavy (non-hydrogen) atoms. The molecule has 1 heterocycles. The number of nitrogens with one attached hydrogen (secondary N) is 1. The van der Waals surface area contributed by atoms with Gasteiger partial charge in [0.25, 0.3) is 0 Å². The number of benzene rings is 1. The first-order valence-electron chi connectivity index (χ1n) is 10.8. The minimum Gasteiger partial charge on any atom is -0.312 e. The highest BCUT2D eigenvalue weighted by molar-refractivity contribution is 7.89. The zero-order chi connectivity index (χ0) is 19.5. The van der Waals surface area contributed by atoms with E-state index in [4.69, 9.17) is 0 Å². The molecule has 152 valence electrons. The summed E-state index contributed by atoms with van der Waals surface area (Å²) in [6, 6.07) is 6.75. The van der Waals surface area contributed by atoms with E-state index in [1.165, 1.54) is 38.5 Å². The number of hydrogen-bond donors (Lipinski definition) is 1. The van der Waals surface area contributed by atoms with Crippen molar-refractivity contribution < 1.29 is 13.2 Å². The second-order valence-electron chi connectivity index (χ2n) is 9.77. The maximum Gasteiger partial charge on any atom is 0.240 e. The van der Waals surface area contributed by atoms with Gasteiger partial charge < -0.3 is 4.90 Å². The van der Waals surface area contributed by atoms with Crippen LogP contribution in [0.1, 0.15) is 58.3 Å². The maximum absolute atomic E-state index is 13.0. The Labute approximate surface area is 167 Å². The van der Waals surface area contributed by atoms with Gasteiger partial charge in [-0.1, -0.05) is 0 Å². The predicted octanol–water partition coefficient (Wildman–Crippen LogP) is 3.70. The van der Waals surface area contributed by atoms with Crippen LogP contribution in [-0.4, -0.2) is 26.9 Å². The molecule has 1 atom stereocenters. The average Bonchev–Trinajstić information content (AvgIpc) is 3.06. The summed E-state index contributed by atoms with van der Waals surface area (Å²) in [5, 5.41) is 0. The number of rotatable bonds is 5. The molecule has 1 unspecified atom stereocenters. The third-order valence-corrected chi connectivity index (χ3v) is 9.42. The van der Waals surface area contributed by atoms with Crippen LogP contribution in [0.25, 0.3) is 0 Å². The van der Waals surface area contributed by atoms with Crippen molar-refractivity contribution in [2.45, 2.75) is 69.2 Å². The average molecular weight is 403 g/mol. The van der Waals surface area contributed by atoms with E-state index in [-0.39, 0.29) is 17.4 Å². The summed E-state index contributed by atoms with van der Waals surface area (Å²) in [7, 11) is -3.56. The Morgan fingerprint density at radius 2 is 1.61 bits per heavy atom. The molecule has 5 nitrogen and oxygen atoms in total. The number of amides is 1. The second-order valence-corrected chi connectivity index (χ2v) is 11.5. The van der Waals surface area contributed by atoms with Gasteiger partial charge in [0.05, 0.1) is 4.90 Å². The Morgan fingerprint density at radius 3 is 2.11 bits per heavy atom. The van der Waals surface area contributed by atoms with Crippen molar-refractivity contribution in [2.24, 2.45) is 23.2 Å². The van der Waals surface area contributed by atoms with Gasteiger partial charge in [-0.3, -0.25) is 4.79 Å². The van der Waals surface area contributed by atoms with Gasteiger partial charge in [-0.15, -0.1) is 0 Å². The molecule has 0 spiro atoms. The van der Waals surface area contributed by atoms with Crippen molar-refractivity contribution in [1.82, 2.24) is 4.72 Å². The first kappa shape index (κ1) is 18.6. The van der Waals surface area contributed by atoms with Gasteiger partial charge in [0.15, 0.2) is 0 Å². The summed E-state index contributed by atoms with van der Waals surface area (Å²) in [4.78, 5) is 13.9. The molecule has 4 bridgehead atoms. The number of carbonyl (C=O) groups excluding carboxylic acids is 1. The lowest BCUT2D eigenvalue weighted by Gasteiger charge is -2.59. The lowest BCUT2D eigenvalue weighted by molar-refractivity contribution is -0.117. The quantitative estimate of drug-likeness (QED) is 0.817. The molecular weight excluding hydrogens is 372 g/mol. The van der Waals surface area contributed by atoms with Crippen LogP contribution in [0.5, 0.6) is 0 Å². The zero-order valence-corrected chi connectivity index (χ0v) is 17.4. The van der Waals surface area contributed by atoms with Crippen LogP contribution in [0.4, 0.5) is 5.69 Å². The van der Waals surface area contributed by atoms with Crippen molar-refractivity contribution in [3.8, 4) is 0 Å². The van der Waals surface area contributed by atoms with E-state index >= 15 is 0 Å². The Morgan fingerprint density at radius 1 is 1.04 bits per heavy atom. The summed E-state index contributed by atoms with van der Waals surface area (Å²) >= 11 is 0. The van der Waals surface area contributed by atoms with Crippen molar-refractivity contribution in [2.75, 3.05) is 11.4 Å². The molecule has 1 aromatic rings. The van der Waals surface area contributed by atoms with E-state index in [9.17, 15) is 13.2 Å². The highest BCUT2D eigenvalue weighted by Gasteiger charge is 2.53. The van der Waals surface area contributed by atoms with Gasteiger partial charge in [0, 0.05) is 24.7 Å². The predicted molar refractivity (Wildman–Crippen MR) is 108 cm³/mol. The van der Waals surface area contributed by atoms with Crippen molar-refractivity contribution in [3.63, 3.8) is 0 Å². The van der Waals surface area contributed by atoms with Crippen molar-refractivity contribution in [3.05, 3.63) is 24.3 Å². The molecule has 6 rings (SSSR count). The van der Waals surface area contributed by atoms with Gasteiger partial charge in [-0.2, -0.15) is 0 Å². The largest absolute Gasteiger partial charge is 0.312 e. The smallest absolute Gasteiger partial charge is 0.240 e. The van der Waals surface area contributed by atoms with Crippen LogP contribution >= 0.6 is 0 Å². The van der Waals surface area contributed by atoms with Gasteiger partial charge in [0.2, 0.25) is 15.9 Å². The molecule has 1 aromatic carbocycles. The van der Waals surface area contributed by atoms with E-state index in [0.717, 1.165) is 29.9 Å². The van der Waals surface area contributed by atoms with E-state index in [0.29, 0.717) is 17.9 Å². The second kappa shape index (κ2) is 6.56. The molecule has 4 saturated carbocycles. The molecule has 5 aliphatic rings. The van der Waals surface area contributed by atoms with Crippen molar-refractivity contribution >= 4 is 21.6 Å². The summed E-state index contributed by atoms with van der Waals surface area (Å²) in [5.74, 6) is 2.52. The first-order valence-corrected chi connectivity index (χ1v) is 12.3. The minimum atomic E-state index is -3.56. The molecule has 1 aliphatic heterocycles. The molecule has 4 aliphatic carbocycles. The molecule has 6 heteroatoms. The first-order chi connectivity index (χ1) is 13.3. The Kier molecular flexibility index (Phi) is 4.36. The SMILES string of the molecule is CC(NS(=O)(=O)c1ccc(N2CCCC2=O)cc1)C12CC3CC(CC(C3)C1)C2. The van der Waals surface area contributed by atoms with Gasteiger partial charge in [-0.25, -0.2) is 13.1 Å². The zero-order valence-electron chi connectivity index (χ0n) is 16.6. The van der Waals surface area contributed by atoms with E-state index in [1.54, 1.807) is 29.2 Å². The van der Waals surface area contributed by atoms with Gasteiger partial charge in [0.1, 0.15) is 0 Å². The molecule has 1 N–H and O–H groups in total. The number of carbonyl (C=O) groups is 1. The summed E-state index contributed by atoms with van der Waals surface area (Å²) in [5.41, 5.74) is 0.930. The molecule has 0 aromatic heterocycles. The van der Waals surface area contributed by atoms with Crippen LogP contribution in [0.2, 0.25) is 0 Å². The van der Waals surface area contributed by atoms with Crippen LogP contribution in [0.15, 0.2) is 29.2 Å². The fourth-order valence-electron chi connectivity index (χ4n) is 6.86. The highest BCUT2D eigenvalue weighted by Crippen LogP contribution is 2.61. The lowest BCUT2D eigenvalue weighted by Crippen LogP contribution is -2.55. The monoisotopic (exact) mass is 402 g/mol. The summed E-state index contributed by atoms with van der Waals surface area (Å²) < 4.78 is 29.1. The third kappa shape index (κ3) is 3.09. The summed E-state index contributed by atoms with van der Waals surface area (Å²) in [6.07, 6.45) is 9.05. The van der Waals surface area contributed by atoms with Crippen LogP contribution in [-0.2, 0) is 14.8 Å². The van der Waals surface area contributed by atoms with Crippen LogP contribution in [0.3, 0.4) is 0 Å². The normalized spacial score (nSPS) is 35.5. The van der Waals surface area contributed by atoms with Crippen molar-refractivity contribution in [1.29, 1.82) is 0 Å². The van der Waals surface area contributed by atoms with Gasteiger partial charge >= 0.3 is 0 Å². The van der Waals surface area contributed by atoms with E-state index in [1.807, 2.05) is 0 Å². The standard InChI is InChI=1S/C22H30N2O3S/c1-15(22-12-16-9-17(13-22)11-18(10-16)14-22)23-28(26,27)20-6-4-19(5-7-20)24-8-2-3-21(24)25/h4-7,15-18,23H,2-3,8-14H2,1H3. The highest BCUT2D eigenvalue weighted by atomic mass is 32.2. The molecule has 0 radical (unpaired) electrons. The molecule has 5 fully saturated rings. The maximum atomic E-state index is 13.0.